The molecule has 1 fully saturated rings. The predicted molar refractivity (Wildman–Crippen MR) is 106 cm³/mol. The molecule has 0 unspecified atom stereocenters. The molecule has 1 N–H and O–H groups in total. The van der Waals surface area contributed by atoms with Gasteiger partial charge in [-0.3, -0.25) is 9.78 Å². The van der Waals surface area contributed by atoms with Crippen molar-refractivity contribution in [2.24, 2.45) is 5.92 Å². The van der Waals surface area contributed by atoms with Crippen molar-refractivity contribution >= 4 is 16.8 Å². The van der Waals surface area contributed by atoms with E-state index >= 15 is 0 Å². The molecule has 5 rings (SSSR count). The number of benzene rings is 1. The average molecular weight is 388 g/mol. The number of H-pyrrole nitrogens is 1. The lowest BCUT2D eigenvalue weighted by atomic mass is 9.94. The number of rotatable bonds is 4. The summed E-state index contributed by atoms with van der Waals surface area (Å²) in [6.07, 6.45) is 9.35. The summed E-state index contributed by atoms with van der Waals surface area (Å²) in [5.74, 6) is 1.39. The fourth-order valence-corrected chi connectivity index (χ4v) is 3.89. The zero-order valence-electron chi connectivity index (χ0n) is 15.8. The number of aromatic nitrogens is 5. The fourth-order valence-electron chi connectivity index (χ4n) is 3.89. The van der Waals surface area contributed by atoms with Crippen molar-refractivity contribution in [1.29, 1.82) is 0 Å². The summed E-state index contributed by atoms with van der Waals surface area (Å²) >= 11 is 0. The molecular weight excluding hydrogens is 368 g/mol. The van der Waals surface area contributed by atoms with Crippen LogP contribution in [0, 0.1) is 5.92 Å². The third-order valence-corrected chi connectivity index (χ3v) is 5.33. The van der Waals surface area contributed by atoms with Gasteiger partial charge in [-0.2, -0.15) is 4.98 Å². The fraction of sp³-hybridized carbons (Fsp3) is 0.286. The summed E-state index contributed by atoms with van der Waals surface area (Å²) in [6, 6.07) is 7.77. The third kappa shape index (κ3) is 3.61. The van der Waals surface area contributed by atoms with E-state index in [1.54, 1.807) is 18.6 Å². The van der Waals surface area contributed by atoms with Gasteiger partial charge in [0.25, 0.3) is 11.8 Å². The van der Waals surface area contributed by atoms with E-state index in [-0.39, 0.29) is 5.91 Å². The van der Waals surface area contributed by atoms with Crippen molar-refractivity contribution in [3.63, 3.8) is 0 Å². The van der Waals surface area contributed by atoms with Crippen molar-refractivity contribution in [3.05, 3.63) is 60.4 Å². The summed E-state index contributed by atoms with van der Waals surface area (Å²) < 4.78 is 5.32. The molecule has 0 aliphatic carbocycles. The Labute approximate surface area is 167 Å². The molecule has 29 heavy (non-hydrogen) atoms. The van der Waals surface area contributed by atoms with Gasteiger partial charge in [0, 0.05) is 54.6 Å². The second-order valence-corrected chi connectivity index (χ2v) is 7.35. The normalized spacial score (nSPS) is 17.0. The number of fused-ring (bicyclic) bond motifs is 1. The van der Waals surface area contributed by atoms with E-state index in [1.165, 1.54) is 0 Å². The first-order valence-corrected chi connectivity index (χ1v) is 9.71. The van der Waals surface area contributed by atoms with Crippen LogP contribution in [0.25, 0.3) is 22.5 Å². The highest BCUT2D eigenvalue weighted by atomic mass is 16.5. The van der Waals surface area contributed by atoms with Crippen LogP contribution >= 0.6 is 0 Å². The molecule has 4 heterocycles. The number of aromatic amines is 1. The minimum atomic E-state index is 0.0751. The molecule has 1 aliphatic heterocycles. The monoisotopic (exact) mass is 388 g/mol. The van der Waals surface area contributed by atoms with Crippen molar-refractivity contribution < 1.29 is 9.32 Å². The molecule has 1 amide bonds. The number of nitrogens with zero attached hydrogens (tertiary/aromatic N) is 5. The first-order chi connectivity index (χ1) is 14.3. The van der Waals surface area contributed by atoms with Crippen LogP contribution in [-0.2, 0) is 6.42 Å². The maximum atomic E-state index is 13.0. The molecule has 1 atom stereocenters. The highest BCUT2D eigenvalue weighted by molar-refractivity contribution is 5.98. The van der Waals surface area contributed by atoms with Crippen LogP contribution in [0.5, 0.6) is 0 Å². The number of likely N-dealkylation sites (tertiary alicyclic amines) is 1. The van der Waals surface area contributed by atoms with Gasteiger partial charge in [0.1, 0.15) is 5.69 Å². The zero-order valence-corrected chi connectivity index (χ0v) is 15.8. The Morgan fingerprint density at radius 1 is 1.28 bits per heavy atom. The summed E-state index contributed by atoms with van der Waals surface area (Å²) in [6.45, 7) is 1.47. The van der Waals surface area contributed by atoms with Crippen LogP contribution in [0.1, 0.15) is 29.0 Å². The lowest BCUT2D eigenvalue weighted by molar-refractivity contribution is 0.0672. The molecule has 0 spiro atoms. The van der Waals surface area contributed by atoms with E-state index in [4.69, 9.17) is 4.52 Å². The summed E-state index contributed by atoms with van der Waals surface area (Å²) in [5, 5.41) is 5.13. The van der Waals surface area contributed by atoms with Crippen LogP contribution in [0.4, 0.5) is 0 Å². The molecule has 1 saturated heterocycles. The van der Waals surface area contributed by atoms with Crippen molar-refractivity contribution in [2.45, 2.75) is 19.3 Å². The Morgan fingerprint density at radius 3 is 3.14 bits per heavy atom. The van der Waals surface area contributed by atoms with Crippen LogP contribution in [0.2, 0.25) is 0 Å². The number of hydrogen-bond acceptors (Lipinski definition) is 6. The summed E-state index contributed by atoms with van der Waals surface area (Å²) in [5.41, 5.74) is 2.32. The number of nitrogens with one attached hydrogen (secondary N) is 1. The van der Waals surface area contributed by atoms with Crippen LogP contribution in [-0.4, -0.2) is 49.0 Å². The number of carbonyl (C=O) groups is 1. The van der Waals surface area contributed by atoms with Crippen LogP contribution < -0.4 is 0 Å². The lowest BCUT2D eigenvalue weighted by Gasteiger charge is -2.32. The van der Waals surface area contributed by atoms with Gasteiger partial charge in [-0.05, 0) is 43.0 Å². The molecule has 0 saturated carbocycles. The minimum absolute atomic E-state index is 0.0751. The van der Waals surface area contributed by atoms with Gasteiger partial charge >= 0.3 is 0 Å². The zero-order chi connectivity index (χ0) is 19.6. The second-order valence-electron chi connectivity index (χ2n) is 7.35. The topological polar surface area (TPSA) is 101 Å². The molecule has 0 radical (unpaired) electrons. The highest BCUT2D eigenvalue weighted by Gasteiger charge is 2.26. The lowest BCUT2D eigenvalue weighted by Crippen LogP contribution is -2.40. The Balaban J connectivity index is 1.27. The van der Waals surface area contributed by atoms with E-state index in [9.17, 15) is 4.79 Å². The maximum absolute atomic E-state index is 13.0. The van der Waals surface area contributed by atoms with Crippen molar-refractivity contribution in [3.8, 4) is 11.6 Å². The smallest absolute Gasteiger partial charge is 0.278 e. The number of carbonyl (C=O) groups excluding carboxylic acids is 1. The molecule has 146 valence electrons. The number of amides is 1. The average Bonchev–Trinajstić information content (AvgIpc) is 3.43. The molecule has 1 aromatic carbocycles. The quantitative estimate of drug-likeness (QED) is 0.576. The van der Waals surface area contributed by atoms with Gasteiger partial charge in [-0.1, -0.05) is 5.16 Å². The van der Waals surface area contributed by atoms with E-state index in [1.807, 2.05) is 35.4 Å². The number of hydrogen-bond donors (Lipinski definition) is 1. The van der Waals surface area contributed by atoms with Crippen LogP contribution in [0.3, 0.4) is 0 Å². The van der Waals surface area contributed by atoms with Crippen LogP contribution in [0.15, 0.2) is 53.6 Å². The largest absolute Gasteiger partial charge is 0.361 e. The SMILES string of the molecule is O=C(c1ccc2[nH]ccc2c1)N1CCC[C@H](Cc2noc(-c3cnccn3)n2)C1. The van der Waals surface area contributed by atoms with Gasteiger partial charge in [0.05, 0.1) is 6.20 Å². The Hall–Kier alpha value is -3.55. The second kappa shape index (κ2) is 7.46. The first kappa shape index (κ1) is 17.5. The van der Waals surface area contributed by atoms with E-state index in [2.05, 4.69) is 25.1 Å². The molecule has 3 aromatic heterocycles. The van der Waals surface area contributed by atoms with Crippen molar-refractivity contribution in [1.82, 2.24) is 30.0 Å². The van der Waals surface area contributed by atoms with Gasteiger partial charge in [0.15, 0.2) is 5.82 Å². The Bertz CT molecular complexity index is 1140. The van der Waals surface area contributed by atoms with E-state index in [0.29, 0.717) is 36.3 Å². The third-order valence-electron chi connectivity index (χ3n) is 5.33. The molecule has 4 aromatic rings. The Morgan fingerprint density at radius 2 is 2.24 bits per heavy atom. The predicted octanol–water partition coefficient (Wildman–Crippen LogP) is 3.10. The molecule has 8 heteroatoms. The Kier molecular flexibility index (Phi) is 4.51. The first-order valence-electron chi connectivity index (χ1n) is 9.71. The summed E-state index contributed by atoms with van der Waals surface area (Å²) in [4.78, 5) is 30.7. The molecular formula is C21H20N6O2. The standard InChI is InChI=1S/C21H20N6O2/c28-21(16-3-4-17-15(11-16)5-6-23-17)27-9-1-2-14(13-27)10-19-25-20(29-26-19)18-12-22-7-8-24-18/h3-8,11-12,14,23H,1-2,9-10,13H2/t14-/m1/s1. The summed E-state index contributed by atoms with van der Waals surface area (Å²) in [7, 11) is 0. The van der Waals surface area contributed by atoms with Gasteiger partial charge in [-0.15, -0.1) is 0 Å². The highest BCUT2D eigenvalue weighted by Crippen LogP contribution is 2.23. The van der Waals surface area contributed by atoms with Gasteiger partial charge in [-0.25, -0.2) is 4.98 Å². The van der Waals surface area contributed by atoms with Gasteiger partial charge < -0.3 is 14.4 Å². The molecule has 1 aliphatic rings. The van der Waals surface area contributed by atoms with Gasteiger partial charge in [0.2, 0.25) is 0 Å². The minimum Gasteiger partial charge on any atom is -0.361 e. The van der Waals surface area contributed by atoms with Crippen molar-refractivity contribution in [2.75, 3.05) is 13.1 Å². The molecule has 8 nitrogen and oxygen atoms in total. The number of piperidine rings is 1. The van der Waals surface area contributed by atoms with E-state index in [0.717, 1.165) is 35.9 Å². The maximum Gasteiger partial charge on any atom is 0.278 e. The molecule has 0 bridgehead atoms. The van der Waals surface area contributed by atoms with E-state index < -0.39 is 0 Å².